The van der Waals surface area contributed by atoms with E-state index in [1.54, 1.807) is 12.1 Å². The molecule has 0 spiro atoms. The molecule has 6 nitrogen and oxygen atoms in total. The minimum Gasteiger partial charge on any atom is -0.460 e. The minimum absolute atomic E-state index is 0.0912. The van der Waals surface area contributed by atoms with E-state index in [9.17, 15) is 14.4 Å². The molecule has 1 N–H and O–H groups in total. The van der Waals surface area contributed by atoms with Gasteiger partial charge in [0.2, 0.25) is 5.91 Å². The van der Waals surface area contributed by atoms with Crippen LogP contribution in [-0.2, 0) is 14.3 Å². The molecule has 0 fully saturated rings. The van der Waals surface area contributed by atoms with E-state index in [1.165, 1.54) is 12.1 Å². The van der Waals surface area contributed by atoms with E-state index in [-0.39, 0.29) is 25.0 Å². The van der Waals surface area contributed by atoms with Crippen molar-refractivity contribution in [2.45, 2.75) is 40.5 Å². The van der Waals surface area contributed by atoms with E-state index in [0.717, 1.165) is 6.42 Å². The molecule has 132 valence electrons. The topological polar surface area (TPSA) is 81.7 Å². The predicted octanol–water partition coefficient (Wildman–Crippen LogP) is 2.71. The molecule has 0 aliphatic rings. The average molecular weight is 335 g/mol. The van der Waals surface area contributed by atoms with Crippen molar-refractivity contribution in [1.82, 2.24) is 5.32 Å². The van der Waals surface area contributed by atoms with Crippen molar-refractivity contribution < 1.29 is 23.9 Å². The summed E-state index contributed by atoms with van der Waals surface area (Å²) < 4.78 is 10.2. The van der Waals surface area contributed by atoms with Crippen molar-refractivity contribution in [1.29, 1.82) is 0 Å². The number of carbonyl (C=O) groups excluding carboxylic acids is 3. The van der Waals surface area contributed by atoms with E-state index < -0.39 is 11.4 Å². The molecule has 1 amide bonds. The van der Waals surface area contributed by atoms with E-state index in [4.69, 9.17) is 9.47 Å². The third kappa shape index (κ3) is 6.81. The number of benzene rings is 1. The number of amides is 1. The number of carbonyl (C=O) groups is 3. The summed E-state index contributed by atoms with van der Waals surface area (Å²) in [6, 6.07) is 6.16. The van der Waals surface area contributed by atoms with Gasteiger partial charge in [0, 0.05) is 11.8 Å². The Labute approximate surface area is 142 Å². The molecule has 1 rings (SSSR count). The number of nitrogens with one attached hydrogen (secondary N) is 1. The quantitative estimate of drug-likeness (QED) is 0.471. The van der Waals surface area contributed by atoms with Crippen molar-refractivity contribution in [3.05, 3.63) is 29.8 Å². The zero-order valence-corrected chi connectivity index (χ0v) is 14.7. The molecule has 0 unspecified atom stereocenters. The van der Waals surface area contributed by atoms with Crippen molar-refractivity contribution in [2.75, 3.05) is 13.2 Å². The summed E-state index contributed by atoms with van der Waals surface area (Å²) >= 11 is 0. The van der Waals surface area contributed by atoms with Gasteiger partial charge in [-0.3, -0.25) is 9.59 Å². The fourth-order valence-electron chi connectivity index (χ4n) is 1.70. The Balaban J connectivity index is 2.40. The summed E-state index contributed by atoms with van der Waals surface area (Å²) in [6.07, 6.45) is 1.07. The van der Waals surface area contributed by atoms with Crippen molar-refractivity contribution in [3.8, 4) is 5.75 Å². The van der Waals surface area contributed by atoms with Gasteiger partial charge in [0.25, 0.3) is 0 Å². The molecule has 0 saturated heterocycles. The van der Waals surface area contributed by atoms with Crippen molar-refractivity contribution >= 4 is 17.8 Å². The van der Waals surface area contributed by atoms with Gasteiger partial charge in [-0.25, -0.2) is 4.79 Å². The van der Waals surface area contributed by atoms with Crippen LogP contribution in [0.1, 0.15) is 50.9 Å². The third-order valence-corrected chi connectivity index (χ3v) is 3.08. The molecular weight excluding hydrogens is 310 g/mol. The summed E-state index contributed by atoms with van der Waals surface area (Å²) in [5.74, 6) is -0.506. The van der Waals surface area contributed by atoms with Gasteiger partial charge in [0.05, 0.1) is 12.1 Å². The number of ether oxygens (including phenoxy) is 2. The van der Waals surface area contributed by atoms with Crippen LogP contribution in [0.25, 0.3) is 0 Å². The van der Waals surface area contributed by atoms with Gasteiger partial charge in [0.15, 0.2) is 0 Å². The first-order chi connectivity index (χ1) is 11.2. The van der Waals surface area contributed by atoms with Crippen LogP contribution in [-0.4, -0.2) is 31.0 Å². The second-order valence-corrected chi connectivity index (χ2v) is 6.39. The van der Waals surface area contributed by atoms with E-state index in [0.29, 0.717) is 17.7 Å². The largest absolute Gasteiger partial charge is 0.460 e. The van der Waals surface area contributed by atoms with Crippen LogP contribution in [0.15, 0.2) is 24.3 Å². The Morgan fingerprint density at radius 1 is 1.08 bits per heavy atom. The average Bonchev–Trinajstić information content (AvgIpc) is 2.51. The smallest absolute Gasteiger partial charge is 0.338 e. The van der Waals surface area contributed by atoms with Gasteiger partial charge < -0.3 is 14.8 Å². The summed E-state index contributed by atoms with van der Waals surface area (Å²) in [7, 11) is 0. The number of hydrogen-bond acceptors (Lipinski definition) is 5. The summed E-state index contributed by atoms with van der Waals surface area (Å²) in [6.45, 7) is 7.67. The van der Waals surface area contributed by atoms with Gasteiger partial charge in [-0.2, -0.15) is 0 Å². The number of esters is 2. The van der Waals surface area contributed by atoms with E-state index >= 15 is 0 Å². The maximum atomic E-state index is 11.9. The number of hydrogen-bond donors (Lipinski definition) is 1. The second kappa shape index (κ2) is 9.05. The lowest BCUT2D eigenvalue weighted by molar-refractivity contribution is -0.134. The summed E-state index contributed by atoms with van der Waals surface area (Å²) in [4.78, 5) is 34.9. The second-order valence-electron chi connectivity index (χ2n) is 6.39. The molecule has 0 heterocycles. The molecule has 6 heteroatoms. The fraction of sp³-hybridized carbons (Fsp3) is 0.500. The highest BCUT2D eigenvalue weighted by atomic mass is 16.5. The third-order valence-electron chi connectivity index (χ3n) is 3.08. The van der Waals surface area contributed by atoms with Gasteiger partial charge in [-0.1, -0.05) is 27.7 Å². The zero-order chi connectivity index (χ0) is 18.2. The van der Waals surface area contributed by atoms with Gasteiger partial charge >= 0.3 is 11.9 Å². The summed E-state index contributed by atoms with van der Waals surface area (Å²) in [5.41, 5.74) is -0.123. The van der Waals surface area contributed by atoms with Crippen molar-refractivity contribution in [3.63, 3.8) is 0 Å². The molecule has 0 radical (unpaired) electrons. The Hall–Kier alpha value is -2.37. The van der Waals surface area contributed by atoms with Crippen LogP contribution >= 0.6 is 0 Å². The first-order valence-corrected chi connectivity index (χ1v) is 8.00. The maximum Gasteiger partial charge on any atom is 0.338 e. The van der Waals surface area contributed by atoms with E-state index in [1.807, 2.05) is 27.7 Å². The molecule has 0 aromatic heterocycles. The van der Waals surface area contributed by atoms with Crippen LogP contribution in [0.3, 0.4) is 0 Å². The lowest BCUT2D eigenvalue weighted by Gasteiger charge is -2.17. The number of rotatable bonds is 7. The van der Waals surface area contributed by atoms with Gasteiger partial charge in [-0.05, 0) is 30.7 Å². The molecular formula is C18H25NO5. The molecule has 0 bridgehead atoms. The Morgan fingerprint density at radius 3 is 2.25 bits per heavy atom. The van der Waals surface area contributed by atoms with Crippen LogP contribution in [0.4, 0.5) is 0 Å². The molecule has 0 aliphatic carbocycles. The van der Waals surface area contributed by atoms with Crippen LogP contribution < -0.4 is 10.1 Å². The van der Waals surface area contributed by atoms with Crippen LogP contribution in [0.5, 0.6) is 5.75 Å². The maximum absolute atomic E-state index is 11.9. The highest BCUT2D eigenvalue weighted by Gasteiger charge is 2.20. The highest BCUT2D eigenvalue weighted by molar-refractivity contribution is 5.89. The first kappa shape index (κ1) is 19.7. The molecule has 0 aliphatic heterocycles. The predicted molar refractivity (Wildman–Crippen MR) is 89.7 cm³/mol. The lowest BCUT2D eigenvalue weighted by atomic mass is 9.96. The van der Waals surface area contributed by atoms with E-state index in [2.05, 4.69) is 5.32 Å². The Bertz CT molecular complexity index is 572. The fourth-order valence-corrected chi connectivity index (χ4v) is 1.70. The Morgan fingerprint density at radius 2 is 1.71 bits per heavy atom. The van der Waals surface area contributed by atoms with Gasteiger partial charge in [0.1, 0.15) is 12.4 Å². The zero-order valence-electron chi connectivity index (χ0n) is 14.7. The van der Waals surface area contributed by atoms with Crippen LogP contribution in [0, 0.1) is 5.41 Å². The van der Waals surface area contributed by atoms with Crippen molar-refractivity contribution in [2.24, 2.45) is 5.41 Å². The lowest BCUT2D eigenvalue weighted by Crippen LogP contribution is -2.36. The molecule has 1 aromatic rings. The summed E-state index contributed by atoms with van der Waals surface area (Å²) in [5, 5.41) is 2.70. The first-order valence-electron chi connectivity index (χ1n) is 8.00. The van der Waals surface area contributed by atoms with Crippen LogP contribution in [0.2, 0.25) is 0 Å². The SMILES string of the molecule is CCCC(=O)Oc1ccc(C(=O)OCCNC(=O)C(C)(C)C)cc1. The molecule has 0 saturated carbocycles. The molecule has 1 aromatic carbocycles. The molecule has 24 heavy (non-hydrogen) atoms. The highest BCUT2D eigenvalue weighted by Crippen LogP contribution is 2.14. The normalized spacial score (nSPS) is 10.8. The van der Waals surface area contributed by atoms with Gasteiger partial charge in [-0.15, -0.1) is 0 Å². The molecule has 0 atom stereocenters. The Kier molecular flexibility index (Phi) is 7.42. The minimum atomic E-state index is -0.494. The standard InChI is InChI=1S/C18H25NO5/c1-5-6-15(20)24-14-9-7-13(8-10-14)16(21)23-12-11-19-17(22)18(2,3)4/h7-10H,5-6,11-12H2,1-4H3,(H,19,22). The monoisotopic (exact) mass is 335 g/mol.